The molecule has 0 bridgehead atoms. The average Bonchev–Trinajstić information content (AvgIpc) is 2.88. The predicted octanol–water partition coefficient (Wildman–Crippen LogP) is 1.26. The van der Waals surface area contributed by atoms with Gasteiger partial charge in [0.05, 0.1) is 19.2 Å². The first-order valence-electron chi connectivity index (χ1n) is 6.70. The highest BCUT2D eigenvalue weighted by molar-refractivity contribution is 5.78. The second-order valence-corrected chi connectivity index (χ2v) is 5.38. The van der Waals surface area contributed by atoms with Crippen LogP contribution in [0.15, 0.2) is 30.6 Å². The van der Waals surface area contributed by atoms with Crippen LogP contribution in [0.3, 0.4) is 0 Å². The molecule has 2 aromatic rings. The number of rotatable bonds is 5. The van der Waals surface area contributed by atoms with Crippen molar-refractivity contribution in [2.75, 3.05) is 6.54 Å². The first kappa shape index (κ1) is 16.1. The molecular formula is C15H17F2N3O2. The number of aliphatic hydroxyl groups is 1. The van der Waals surface area contributed by atoms with Gasteiger partial charge in [0.2, 0.25) is 5.91 Å². The summed E-state index contributed by atoms with van der Waals surface area (Å²) in [6.45, 7) is 1.54. The number of benzene rings is 1. The zero-order valence-corrected chi connectivity index (χ0v) is 12.3. The van der Waals surface area contributed by atoms with Gasteiger partial charge in [0.15, 0.2) is 11.6 Å². The monoisotopic (exact) mass is 309 g/mol. The average molecular weight is 309 g/mol. The van der Waals surface area contributed by atoms with E-state index in [2.05, 4.69) is 10.4 Å². The van der Waals surface area contributed by atoms with E-state index in [0.717, 1.165) is 12.1 Å². The van der Waals surface area contributed by atoms with Crippen molar-refractivity contribution < 1.29 is 18.7 Å². The lowest BCUT2D eigenvalue weighted by atomic mass is 9.99. The number of nitrogens with one attached hydrogen (secondary N) is 1. The summed E-state index contributed by atoms with van der Waals surface area (Å²) in [5.74, 6) is -2.34. The van der Waals surface area contributed by atoms with Crippen molar-refractivity contribution >= 4 is 5.91 Å². The topological polar surface area (TPSA) is 67.2 Å². The molecule has 1 aromatic heterocycles. The lowest BCUT2D eigenvalue weighted by molar-refractivity contribution is -0.121. The maximum absolute atomic E-state index is 13.1. The number of halogens is 2. The summed E-state index contributed by atoms with van der Waals surface area (Å²) in [6, 6.07) is 3.30. The highest BCUT2D eigenvalue weighted by Crippen LogP contribution is 2.18. The van der Waals surface area contributed by atoms with Crippen LogP contribution >= 0.6 is 0 Å². The van der Waals surface area contributed by atoms with Crippen molar-refractivity contribution in [1.82, 2.24) is 15.1 Å². The van der Waals surface area contributed by atoms with Gasteiger partial charge >= 0.3 is 0 Å². The Balaban J connectivity index is 1.93. The lowest BCUT2D eigenvalue weighted by Gasteiger charge is -2.22. The van der Waals surface area contributed by atoms with Crippen molar-refractivity contribution in [2.24, 2.45) is 7.05 Å². The minimum atomic E-state index is -1.27. The van der Waals surface area contributed by atoms with Crippen molar-refractivity contribution in [2.45, 2.75) is 18.9 Å². The molecule has 1 heterocycles. The summed E-state index contributed by atoms with van der Waals surface area (Å²) in [5.41, 5.74) is -0.335. The number of nitrogens with zero attached hydrogens (tertiary/aromatic N) is 2. The number of hydrogen-bond donors (Lipinski definition) is 2. The standard InChI is InChI=1S/C15H17F2N3O2/c1-15(22,11-7-19-20(2)8-11)9-18-14(21)6-10-3-4-12(16)13(17)5-10/h3-5,7-8,22H,6,9H2,1-2H3,(H,18,21). The van der Waals surface area contributed by atoms with Gasteiger partial charge in [0.25, 0.3) is 0 Å². The molecule has 1 atom stereocenters. The van der Waals surface area contributed by atoms with Gasteiger partial charge in [0.1, 0.15) is 5.60 Å². The minimum absolute atomic E-state index is 0.0127. The molecule has 0 aliphatic heterocycles. The van der Waals surface area contributed by atoms with Gasteiger partial charge in [-0.15, -0.1) is 0 Å². The maximum Gasteiger partial charge on any atom is 0.224 e. The second kappa shape index (κ2) is 6.23. The summed E-state index contributed by atoms with van der Waals surface area (Å²) in [5, 5.41) is 16.9. The van der Waals surface area contributed by atoms with Crippen molar-refractivity contribution in [1.29, 1.82) is 0 Å². The molecule has 1 aromatic carbocycles. The summed E-state index contributed by atoms with van der Waals surface area (Å²) in [4.78, 5) is 11.8. The van der Waals surface area contributed by atoms with Crippen LogP contribution < -0.4 is 5.32 Å². The third-order valence-electron chi connectivity index (χ3n) is 3.31. The van der Waals surface area contributed by atoms with E-state index in [0.29, 0.717) is 11.1 Å². The van der Waals surface area contributed by atoms with E-state index in [1.807, 2.05) is 0 Å². The zero-order chi connectivity index (χ0) is 16.3. The molecule has 0 spiro atoms. The molecular weight excluding hydrogens is 292 g/mol. The number of aromatic nitrogens is 2. The molecule has 0 saturated heterocycles. The molecule has 0 aliphatic carbocycles. The van der Waals surface area contributed by atoms with Gasteiger partial charge in [-0.3, -0.25) is 9.48 Å². The van der Waals surface area contributed by atoms with E-state index in [9.17, 15) is 18.7 Å². The maximum atomic E-state index is 13.1. The molecule has 0 aliphatic rings. The van der Waals surface area contributed by atoms with E-state index in [4.69, 9.17) is 0 Å². The normalized spacial score (nSPS) is 13.7. The van der Waals surface area contributed by atoms with Crippen molar-refractivity contribution in [3.8, 4) is 0 Å². The zero-order valence-electron chi connectivity index (χ0n) is 12.3. The number of aryl methyl sites for hydroxylation is 1. The van der Waals surface area contributed by atoms with Crippen LogP contribution in [-0.2, 0) is 23.9 Å². The van der Waals surface area contributed by atoms with E-state index in [1.165, 1.54) is 12.3 Å². The molecule has 0 radical (unpaired) electrons. The predicted molar refractivity (Wildman–Crippen MR) is 75.9 cm³/mol. The molecule has 1 unspecified atom stereocenters. The molecule has 7 heteroatoms. The lowest BCUT2D eigenvalue weighted by Crippen LogP contribution is -2.39. The van der Waals surface area contributed by atoms with Gasteiger partial charge in [-0.25, -0.2) is 8.78 Å². The Kier molecular flexibility index (Phi) is 4.56. The van der Waals surface area contributed by atoms with Crippen LogP contribution in [0.2, 0.25) is 0 Å². The van der Waals surface area contributed by atoms with E-state index in [1.54, 1.807) is 24.9 Å². The Morgan fingerprint density at radius 3 is 2.73 bits per heavy atom. The number of carbonyl (C=O) groups excluding carboxylic acids is 1. The molecule has 1 amide bonds. The number of carbonyl (C=O) groups is 1. The Labute approximate surface area is 126 Å². The summed E-state index contributed by atoms with van der Waals surface area (Å²) in [6.07, 6.45) is 3.07. The minimum Gasteiger partial charge on any atom is -0.383 e. The fraction of sp³-hybridized carbons (Fsp3) is 0.333. The summed E-state index contributed by atoms with van der Waals surface area (Å²) >= 11 is 0. The van der Waals surface area contributed by atoms with Gasteiger partial charge in [-0.05, 0) is 24.6 Å². The molecule has 2 rings (SSSR count). The van der Waals surface area contributed by atoms with Gasteiger partial charge in [-0.2, -0.15) is 5.10 Å². The Morgan fingerprint density at radius 2 is 2.14 bits per heavy atom. The van der Waals surface area contributed by atoms with Crippen molar-refractivity contribution in [3.05, 3.63) is 53.4 Å². The quantitative estimate of drug-likeness (QED) is 0.874. The highest BCUT2D eigenvalue weighted by Gasteiger charge is 2.25. The first-order valence-corrected chi connectivity index (χ1v) is 6.70. The van der Waals surface area contributed by atoms with E-state index in [-0.39, 0.29) is 13.0 Å². The van der Waals surface area contributed by atoms with Crippen LogP contribution in [0, 0.1) is 11.6 Å². The Bertz CT molecular complexity index is 683. The van der Waals surface area contributed by atoms with Crippen LogP contribution in [0.5, 0.6) is 0 Å². The number of amides is 1. The molecule has 2 N–H and O–H groups in total. The molecule has 5 nitrogen and oxygen atoms in total. The fourth-order valence-electron chi connectivity index (χ4n) is 1.97. The summed E-state index contributed by atoms with van der Waals surface area (Å²) < 4.78 is 27.4. The van der Waals surface area contributed by atoms with Gasteiger partial charge < -0.3 is 10.4 Å². The van der Waals surface area contributed by atoms with Gasteiger partial charge in [0, 0.05) is 18.8 Å². The Morgan fingerprint density at radius 1 is 1.41 bits per heavy atom. The second-order valence-electron chi connectivity index (χ2n) is 5.38. The number of hydrogen-bond acceptors (Lipinski definition) is 3. The third kappa shape index (κ3) is 3.88. The van der Waals surface area contributed by atoms with E-state index < -0.39 is 23.1 Å². The molecule has 118 valence electrons. The van der Waals surface area contributed by atoms with Crippen LogP contribution in [-0.4, -0.2) is 27.3 Å². The van der Waals surface area contributed by atoms with Crippen LogP contribution in [0.4, 0.5) is 8.78 Å². The fourth-order valence-corrected chi connectivity index (χ4v) is 1.97. The Hall–Kier alpha value is -2.28. The largest absolute Gasteiger partial charge is 0.383 e. The third-order valence-corrected chi connectivity index (χ3v) is 3.31. The molecule has 0 fully saturated rings. The van der Waals surface area contributed by atoms with Crippen LogP contribution in [0.25, 0.3) is 0 Å². The molecule has 22 heavy (non-hydrogen) atoms. The van der Waals surface area contributed by atoms with Crippen LogP contribution in [0.1, 0.15) is 18.1 Å². The SMILES string of the molecule is Cn1cc(C(C)(O)CNC(=O)Cc2ccc(F)c(F)c2)cn1. The first-order chi connectivity index (χ1) is 10.3. The highest BCUT2D eigenvalue weighted by atomic mass is 19.2. The van der Waals surface area contributed by atoms with E-state index >= 15 is 0 Å². The van der Waals surface area contributed by atoms with Crippen molar-refractivity contribution in [3.63, 3.8) is 0 Å². The van der Waals surface area contributed by atoms with Gasteiger partial charge in [-0.1, -0.05) is 6.07 Å². The summed E-state index contributed by atoms with van der Waals surface area (Å²) in [7, 11) is 1.72. The molecule has 0 saturated carbocycles. The smallest absolute Gasteiger partial charge is 0.224 e.